The van der Waals surface area contributed by atoms with Crippen LogP contribution in [0.4, 0.5) is 24.5 Å². The smallest absolute Gasteiger partial charge is 0.314 e. The highest BCUT2D eigenvalue weighted by molar-refractivity contribution is 7.96. The SMILES string of the molecule is CSN1CCC(N(C=O)c2ccccc2N(C)Cc2ccc(-c3nnc(C(F)F)o3)cc2F)CC1. The van der Waals surface area contributed by atoms with Crippen molar-refractivity contribution in [1.82, 2.24) is 14.5 Å². The van der Waals surface area contributed by atoms with Gasteiger partial charge in [0.05, 0.1) is 11.4 Å². The number of anilines is 2. The second-order valence-electron chi connectivity index (χ2n) is 8.25. The van der Waals surface area contributed by atoms with Crippen LogP contribution in [0, 0.1) is 5.82 Å². The van der Waals surface area contributed by atoms with Gasteiger partial charge >= 0.3 is 6.43 Å². The molecule has 3 aromatic rings. The van der Waals surface area contributed by atoms with Crippen LogP contribution in [0.2, 0.25) is 0 Å². The Morgan fingerprint density at radius 2 is 1.89 bits per heavy atom. The van der Waals surface area contributed by atoms with E-state index in [-0.39, 0.29) is 24.0 Å². The largest absolute Gasteiger partial charge is 0.415 e. The summed E-state index contributed by atoms with van der Waals surface area (Å²) in [7, 11) is 1.83. The Hall–Kier alpha value is -3.05. The van der Waals surface area contributed by atoms with E-state index >= 15 is 0 Å². The van der Waals surface area contributed by atoms with Gasteiger partial charge in [-0.25, -0.2) is 4.39 Å². The zero-order chi connectivity index (χ0) is 24.9. The number of nitrogens with zero attached hydrogens (tertiary/aromatic N) is 5. The van der Waals surface area contributed by atoms with Gasteiger partial charge in [-0.2, -0.15) is 8.78 Å². The predicted octanol–water partition coefficient (Wildman–Crippen LogP) is 5.15. The Morgan fingerprint density at radius 3 is 2.49 bits per heavy atom. The summed E-state index contributed by atoms with van der Waals surface area (Å²) in [5, 5.41) is 6.84. The van der Waals surface area contributed by atoms with Crippen LogP contribution in [0.1, 0.15) is 30.7 Å². The molecule has 35 heavy (non-hydrogen) atoms. The summed E-state index contributed by atoms with van der Waals surface area (Å²) in [6.45, 7) is 2.04. The van der Waals surface area contributed by atoms with Crippen LogP contribution in [0.5, 0.6) is 0 Å². The molecule has 1 aliphatic rings. The standard InChI is InChI=1S/C24H26F3N5O2S/c1-30(14-17-8-7-16(13-19(17)25)23-28-29-24(34-23)22(26)27)20-5-3-4-6-21(20)32(15-33)18-9-11-31(35-2)12-10-18/h3-8,13,15,18,22H,9-12,14H2,1-2H3. The first-order valence-electron chi connectivity index (χ1n) is 11.1. The van der Waals surface area contributed by atoms with E-state index in [2.05, 4.69) is 20.8 Å². The molecule has 7 nitrogen and oxygen atoms in total. The van der Waals surface area contributed by atoms with E-state index in [1.807, 2.05) is 36.2 Å². The quantitative estimate of drug-likeness (QED) is 0.294. The van der Waals surface area contributed by atoms with Crippen molar-refractivity contribution >= 4 is 29.7 Å². The lowest BCUT2D eigenvalue weighted by Crippen LogP contribution is -2.43. The van der Waals surface area contributed by atoms with Gasteiger partial charge in [-0.05, 0) is 43.4 Å². The monoisotopic (exact) mass is 505 g/mol. The number of amides is 1. The van der Waals surface area contributed by atoms with Crippen molar-refractivity contribution in [3.05, 3.63) is 59.7 Å². The molecule has 1 aromatic heterocycles. The third-order valence-corrected chi connectivity index (χ3v) is 6.98. The van der Waals surface area contributed by atoms with Gasteiger partial charge in [-0.15, -0.1) is 10.2 Å². The van der Waals surface area contributed by atoms with Crippen LogP contribution in [0.15, 0.2) is 46.9 Å². The van der Waals surface area contributed by atoms with Gasteiger partial charge in [0.15, 0.2) is 0 Å². The van der Waals surface area contributed by atoms with Crippen molar-refractivity contribution in [1.29, 1.82) is 0 Å². The highest BCUT2D eigenvalue weighted by Gasteiger charge is 2.27. The minimum absolute atomic E-state index is 0.0917. The maximum atomic E-state index is 14.9. The van der Waals surface area contributed by atoms with Crippen LogP contribution in [0.3, 0.4) is 0 Å². The molecular weight excluding hydrogens is 479 g/mol. The maximum absolute atomic E-state index is 14.9. The lowest BCUT2D eigenvalue weighted by Gasteiger charge is -2.37. The van der Waals surface area contributed by atoms with Gasteiger partial charge in [0, 0.05) is 43.9 Å². The topological polar surface area (TPSA) is 65.7 Å². The number of alkyl halides is 2. The number of carbonyl (C=O) groups excluding carboxylic acids is 1. The molecule has 0 radical (unpaired) electrons. The number of halogens is 3. The zero-order valence-corrected chi connectivity index (χ0v) is 20.2. The number of aromatic nitrogens is 2. The Labute approximate surface area is 206 Å². The Balaban J connectivity index is 1.52. The molecule has 4 rings (SSSR count). The summed E-state index contributed by atoms with van der Waals surface area (Å²) in [4.78, 5) is 15.8. The molecule has 11 heteroatoms. The Bertz CT molecular complexity index is 1150. The molecule has 0 saturated carbocycles. The predicted molar refractivity (Wildman–Crippen MR) is 130 cm³/mol. The Morgan fingerprint density at radius 1 is 1.17 bits per heavy atom. The number of rotatable bonds is 9. The van der Waals surface area contributed by atoms with Crippen molar-refractivity contribution in [2.75, 3.05) is 36.2 Å². The van der Waals surface area contributed by atoms with Gasteiger partial charge < -0.3 is 14.2 Å². The summed E-state index contributed by atoms with van der Waals surface area (Å²) in [5.74, 6) is -1.50. The van der Waals surface area contributed by atoms with Crippen LogP contribution in [-0.4, -0.2) is 53.3 Å². The van der Waals surface area contributed by atoms with E-state index in [0.29, 0.717) is 5.56 Å². The normalized spacial score (nSPS) is 14.9. The zero-order valence-electron chi connectivity index (χ0n) is 19.4. The van der Waals surface area contributed by atoms with Crippen molar-refractivity contribution in [3.63, 3.8) is 0 Å². The average molecular weight is 506 g/mol. The fourth-order valence-electron chi connectivity index (χ4n) is 4.24. The Kier molecular flexibility index (Phi) is 7.97. The van der Waals surface area contributed by atoms with Crippen molar-refractivity contribution in [2.24, 2.45) is 0 Å². The molecular formula is C24H26F3N5O2S. The molecule has 0 unspecified atom stereocenters. The number of benzene rings is 2. The summed E-state index contributed by atoms with van der Waals surface area (Å²) < 4.78 is 47.5. The summed E-state index contributed by atoms with van der Waals surface area (Å²) in [6.07, 6.45) is 1.78. The van der Waals surface area contributed by atoms with E-state index in [1.165, 1.54) is 6.07 Å². The first kappa shape index (κ1) is 25.1. The van der Waals surface area contributed by atoms with Gasteiger partial charge in [0.25, 0.3) is 5.89 Å². The van der Waals surface area contributed by atoms with E-state index in [1.54, 1.807) is 29.0 Å². The molecule has 0 atom stereocenters. The van der Waals surface area contributed by atoms with E-state index in [9.17, 15) is 18.0 Å². The number of piperidine rings is 1. The third kappa shape index (κ3) is 5.62. The van der Waals surface area contributed by atoms with Crippen molar-refractivity contribution < 1.29 is 22.4 Å². The van der Waals surface area contributed by atoms with Crippen molar-refractivity contribution in [2.45, 2.75) is 31.9 Å². The third-order valence-electron chi connectivity index (χ3n) is 6.09. The van der Waals surface area contributed by atoms with Crippen LogP contribution in [0.25, 0.3) is 11.5 Å². The molecule has 1 aliphatic heterocycles. The summed E-state index contributed by atoms with van der Waals surface area (Å²) in [6, 6.07) is 12.0. The number of carbonyl (C=O) groups is 1. The molecule has 1 fully saturated rings. The maximum Gasteiger partial charge on any atom is 0.314 e. The van der Waals surface area contributed by atoms with Crippen LogP contribution in [-0.2, 0) is 11.3 Å². The number of para-hydroxylation sites is 2. The highest BCUT2D eigenvalue weighted by Crippen LogP contribution is 2.33. The van der Waals surface area contributed by atoms with Gasteiger partial charge in [-0.1, -0.05) is 30.1 Å². The molecule has 0 spiro atoms. The molecule has 2 heterocycles. The van der Waals surface area contributed by atoms with Crippen molar-refractivity contribution in [3.8, 4) is 11.5 Å². The van der Waals surface area contributed by atoms with E-state index in [0.717, 1.165) is 43.7 Å². The van der Waals surface area contributed by atoms with E-state index < -0.39 is 18.1 Å². The van der Waals surface area contributed by atoms with Gasteiger partial charge in [0.1, 0.15) is 5.82 Å². The fourth-order valence-corrected chi connectivity index (χ4v) is 4.81. The molecule has 186 valence electrons. The minimum atomic E-state index is -2.89. The molecule has 1 amide bonds. The summed E-state index contributed by atoms with van der Waals surface area (Å²) in [5.41, 5.74) is 2.19. The highest BCUT2D eigenvalue weighted by atomic mass is 32.2. The summed E-state index contributed by atoms with van der Waals surface area (Å²) >= 11 is 1.71. The van der Waals surface area contributed by atoms with E-state index in [4.69, 9.17) is 4.42 Å². The second-order valence-corrected chi connectivity index (χ2v) is 9.13. The van der Waals surface area contributed by atoms with Crippen LogP contribution >= 0.6 is 11.9 Å². The second kappa shape index (κ2) is 11.1. The first-order chi connectivity index (χ1) is 16.9. The first-order valence-corrected chi connectivity index (χ1v) is 12.3. The molecule has 0 N–H and O–H groups in total. The lowest BCUT2D eigenvalue weighted by molar-refractivity contribution is -0.108. The number of hydrogen-bond acceptors (Lipinski definition) is 7. The van der Waals surface area contributed by atoms with Gasteiger partial charge in [0.2, 0.25) is 12.3 Å². The lowest BCUT2D eigenvalue weighted by atomic mass is 10.0. The molecule has 0 aliphatic carbocycles. The average Bonchev–Trinajstić information content (AvgIpc) is 3.37. The molecule has 2 aromatic carbocycles. The van der Waals surface area contributed by atoms with Crippen LogP contribution < -0.4 is 9.80 Å². The fraction of sp³-hybridized carbons (Fsp3) is 0.375. The number of hydrogen-bond donors (Lipinski definition) is 0. The minimum Gasteiger partial charge on any atom is -0.415 e. The molecule has 1 saturated heterocycles. The molecule has 0 bridgehead atoms. The van der Waals surface area contributed by atoms with Gasteiger partial charge in [-0.3, -0.25) is 9.10 Å².